The standard InChI is InChI=1S/C14H20N4O5S.C13H16ClNO5S/c1-3-5-6-24(22,23)12-7-9(4-2)10(8-11(12)18(20)21)13(19)17-14(15)16;1-3-5-6-21(19,20)12-7-9(4-2)10(13(14)16)8-11(12)15(17)18/h7-8H,3-6H2,1-2H3,(H4,15,16,17,19);7-8H,3-6H2,1-2H3. The average molecular weight is 690 g/mol. The first-order valence-corrected chi connectivity index (χ1v) is 17.5. The highest BCUT2D eigenvalue weighted by atomic mass is 35.5. The fourth-order valence-corrected chi connectivity index (χ4v) is 7.54. The number of sulfone groups is 2. The first-order chi connectivity index (χ1) is 20.9. The van der Waals surface area contributed by atoms with Crippen LogP contribution in [0.15, 0.2) is 39.0 Å². The molecule has 0 aliphatic heterocycles. The molecule has 0 spiro atoms. The zero-order chi connectivity index (χ0) is 34.7. The first kappa shape index (κ1) is 39.1. The summed E-state index contributed by atoms with van der Waals surface area (Å²) in [5.74, 6) is -1.70. The van der Waals surface area contributed by atoms with Crippen LogP contribution in [0.4, 0.5) is 11.4 Å². The molecule has 15 nitrogen and oxygen atoms in total. The number of nitrogens with two attached hydrogens (primary N) is 2. The van der Waals surface area contributed by atoms with E-state index in [-0.39, 0.29) is 38.8 Å². The molecule has 1 amide bonds. The Morgan fingerprint density at radius 1 is 0.756 bits per heavy atom. The monoisotopic (exact) mass is 689 g/mol. The summed E-state index contributed by atoms with van der Waals surface area (Å²) in [6, 6.07) is 4.23. The van der Waals surface area contributed by atoms with E-state index in [0.29, 0.717) is 43.2 Å². The quantitative estimate of drug-likeness (QED) is 0.0927. The fraction of sp³-hybridized carbons (Fsp3) is 0.444. The second kappa shape index (κ2) is 16.9. The number of nitrogens with zero attached hydrogens (tertiary/aromatic N) is 3. The molecule has 0 saturated carbocycles. The number of rotatable bonds is 14. The van der Waals surface area contributed by atoms with Crippen molar-refractivity contribution in [3.05, 3.63) is 66.7 Å². The zero-order valence-electron chi connectivity index (χ0n) is 25.2. The van der Waals surface area contributed by atoms with Crippen LogP contribution in [-0.2, 0) is 32.5 Å². The van der Waals surface area contributed by atoms with Gasteiger partial charge in [0.25, 0.3) is 22.5 Å². The van der Waals surface area contributed by atoms with E-state index in [4.69, 9.17) is 23.1 Å². The van der Waals surface area contributed by atoms with Gasteiger partial charge in [-0.15, -0.1) is 0 Å². The second-order valence-electron chi connectivity index (χ2n) is 9.64. The highest BCUT2D eigenvalue weighted by Crippen LogP contribution is 2.31. The number of unbranched alkanes of at least 4 members (excludes halogenated alkanes) is 2. The van der Waals surface area contributed by atoms with E-state index in [9.17, 15) is 46.7 Å². The predicted molar refractivity (Wildman–Crippen MR) is 169 cm³/mol. The van der Waals surface area contributed by atoms with Crippen molar-refractivity contribution in [1.29, 1.82) is 0 Å². The normalized spacial score (nSPS) is 11.2. The van der Waals surface area contributed by atoms with Crippen molar-refractivity contribution in [2.24, 2.45) is 16.5 Å². The van der Waals surface area contributed by atoms with Crippen molar-refractivity contribution < 1.29 is 36.3 Å². The topological polar surface area (TPSA) is 253 Å². The largest absolute Gasteiger partial charge is 0.370 e. The van der Waals surface area contributed by atoms with Gasteiger partial charge in [0, 0.05) is 17.7 Å². The van der Waals surface area contributed by atoms with Gasteiger partial charge in [-0.1, -0.05) is 40.5 Å². The molecule has 45 heavy (non-hydrogen) atoms. The van der Waals surface area contributed by atoms with E-state index in [2.05, 4.69) is 4.99 Å². The van der Waals surface area contributed by atoms with Gasteiger partial charge in [-0.2, -0.15) is 4.99 Å². The lowest BCUT2D eigenvalue weighted by Crippen LogP contribution is -2.24. The number of guanidine groups is 1. The Bertz CT molecular complexity index is 1700. The molecule has 0 atom stereocenters. The van der Waals surface area contributed by atoms with Gasteiger partial charge in [0.2, 0.25) is 0 Å². The lowest BCUT2D eigenvalue weighted by molar-refractivity contribution is -0.388. The van der Waals surface area contributed by atoms with Crippen LogP contribution in [0.5, 0.6) is 0 Å². The minimum atomic E-state index is -3.83. The van der Waals surface area contributed by atoms with E-state index in [1.54, 1.807) is 13.8 Å². The smallest absolute Gasteiger partial charge is 0.288 e. The highest BCUT2D eigenvalue weighted by molar-refractivity contribution is 7.91. The molecule has 0 aromatic heterocycles. The minimum Gasteiger partial charge on any atom is -0.370 e. The van der Waals surface area contributed by atoms with Gasteiger partial charge in [0.15, 0.2) is 25.6 Å². The molecule has 0 bridgehead atoms. The molecular formula is C27H36ClN5O10S2. The number of nitro benzene ring substituents is 2. The van der Waals surface area contributed by atoms with Crippen LogP contribution < -0.4 is 11.5 Å². The molecule has 0 aliphatic rings. The van der Waals surface area contributed by atoms with Crippen LogP contribution in [0.25, 0.3) is 0 Å². The number of amides is 1. The van der Waals surface area contributed by atoms with Crippen LogP contribution in [-0.4, -0.2) is 55.3 Å². The molecule has 2 rings (SSSR count). The maximum atomic E-state index is 12.4. The van der Waals surface area contributed by atoms with E-state index in [0.717, 1.165) is 12.1 Å². The lowest BCUT2D eigenvalue weighted by Gasteiger charge is -2.10. The van der Waals surface area contributed by atoms with Crippen molar-refractivity contribution >= 4 is 59.8 Å². The molecule has 2 aromatic carbocycles. The van der Waals surface area contributed by atoms with Crippen molar-refractivity contribution in [1.82, 2.24) is 0 Å². The number of benzene rings is 2. The summed E-state index contributed by atoms with van der Waals surface area (Å²) in [5, 5.41) is 21.5. The summed E-state index contributed by atoms with van der Waals surface area (Å²) in [4.78, 5) is 46.7. The Morgan fingerprint density at radius 2 is 1.13 bits per heavy atom. The maximum absolute atomic E-state index is 12.4. The van der Waals surface area contributed by atoms with Crippen molar-refractivity contribution in [3.8, 4) is 0 Å². The SMILES string of the molecule is CCCCS(=O)(=O)c1cc(CC)c(C(=O)Cl)cc1[N+](=O)[O-].CCCCS(=O)(=O)c1cc(CC)c(C(=O)N=C(N)N)cc1[N+](=O)[O-]. The summed E-state index contributed by atoms with van der Waals surface area (Å²) < 4.78 is 49.3. The maximum Gasteiger partial charge on any atom is 0.288 e. The number of nitro groups is 2. The minimum absolute atomic E-state index is 0.0275. The lowest BCUT2D eigenvalue weighted by atomic mass is 10.0. The number of hydrogen-bond donors (Lipinski definition) is 2. The van der Waals surface area contributed by atoms with Gasteiger partial charge in [-0.3, -0.25) is 29.8 Å². The second-order valence-corrected chi connectivity index (χ2v) is 14.1. The van der Waals surface area contributed by atoms with E-state index >= 15 is 0 Å². The molecule has 248 valence electrons. The van der Waals surface area contributed by atoms with E-state index in [1.807, 2.05) is 13.8 Å². The summed E-state index contributed by atoms with van der Waals surface area (Å²) in [6.07, 6.45) is 2.73. The van der Waals surface area contributed by atoms with Gasteiger partial charge >= 0.3 is 0 Å². The third-order valence-electron chi connectivity index (χ3n) is 6.40. The van der Waals surface area contributed by atoms with Crippen LogP contribution in [0.3, 0.4) is 0 Å². The average Bonchev–Trinajstić information content (AvgIpc) is 2.97. The molecule has 0 fully saturated rings. The van der Waals surface area contributed by atoms with Crippen LogP contribution in [0, 0.1) is 20.2 Å². The number of aryl methyl sites for hydroxylation is 2. The van der Waals surface area contributed by atoms with Crippen molar-refractivity contribution in [3.63, 3.8) is 0 Å². The molecule has 2 aromatic rings. The van der Waals surface area contributed by atoms with Crippen molar-refractivity contribution in [2.75, 3.05) is 11.5 Å². The van der Waals surface area contributed by atoms with Crippen LogP contribution in [0.2, 0.25) is 0 Å². The Hall–Kier alpha value is -3.96. The molecule has 0 heterocycles. The molecule has 4 N–H and O–H groups in total. The van der Waals surface area contributed by atoms with E-state index < -0.39 is 58.0 Å². The molecule has 18 heteroatoms. The van der Waals surface area contributed by atoms with Gasteiger partial charge in [0.05, 0.1) is 26.9 Å². The summed E-state index contributed by atoms with van der Waals surface area (Å²) >= 11 is 5.40. The Balaban J connectivity index is 0.000000454. The van der Waals surface area contributed by atoms with Crippen LogP contribution in [0.1, 0.15) is 85.2 Å². The van der Waals surface area contributed by atoms with Gasteiger partial charge in [-0.25, -0.2) is 16.8 Å². The number of hydrogen-bond acceptors (Lipinski definition) is 10. The summed E-state index contributed by atoms with van der Waals surface area (Å²) in [5.41, 5.74) is 9.63. The third-order valence-corrected chi connectivity index (χ3v) is 10.3. The number of aliphatic imine (C=N–C) groups is 1. The molecule has 0 radical (unpaired) electrons. The van der Waals surface area contributed by atoms with E-state index in [1.165, 1.54) is 12.1 Å². The zero-order valence-corrected chi connectivity index (χ0v) is 27.6. The molecule has 0 unspecified atom stereocenters. The predicted octanol–water partition coefficient (Wildman–Crippen LogP) is 4.25. The van der Waals surface area contributed by atoms with Gasteiger partial charge in [-0.05, 0) is 60.5 Å². The number of halogens is 1. The Morgan fingerprint density at radius 3 is 1.44 bits per heavy atom. The fourth-order valence-electron chi connectivity index (χ4n) is 4.04. The molecule has 0 saturated heterocycles. The Labute approximate surface area is 266 Å². The van der Waals surface area contributed by atoms with Gasteiger partial charge in [0.1, 0.15) is 9.79 Å². The summed E-state index contributed by atoms with van der Waals surface area (Å²) in [6.45, 7) is 7.05. The van der Waals surface area contributed by atoms with Gasteiger partial charge < -0.3 is 11.5 Å². The molecular weight excluding hydrogens is 654 g/mol. The number of carbonyl (C=O) groups is 2. The number of carbonyl (C=O) groups excluding carboxylic acids is 2. The first-order valence-electron chi connectivity index (χ1n) is 13.8. The molecule has 0 aliphatic carbocycles. The highest BCUT2D eigenvalue weighted by Gasteiger charge is 2.30. The van der Waals surface area contributed by atoms with Crippen LogP contribution >= 0.6 is 11.6 Å². The van der Waals surface area contributed by atoms with Crippen molar-refractivity contribution in [2.45, 2.75) is 76.0 Å². The Kier molecular flexibility index (Phi) is 14.7. The summed E-state index contributed by atoms with van der Waals surface area (Å²) in [7, 11) is -7.60. The third kappa shape index (κ3) is 10.6.